The van der Waals surface area contributed by atoms with Gasteiger partial charge in [0.05, 0.1) is 0 Å². The average molecular weight is 309 g/mol. The van der Waals surface area contributed by atoms with Crippen LogP contribution < -0.4 is 5.32 Å². The van der Waals surface area contributed by atoms with Crippen LogP contribution in [0.3, 0.4) is 0 Å². The molecule has 0 radical (unpaired) electrons. The molecular formula is C16H27N3O3. The van der Waals surface area contributed by atoms with E-state index in [-0.39, 0.29) is 43.5 Å². The molecular weight excluding hydrogens is 282 g/mol. The molecule has 22 heavy (non-hydrogen) atoms. The maximum atomic E-state index is 11.7. The summed E-state index contributed by atoms with van der Waals surface area (Å²) in [5, 5.41) is 2.88. The molecule has 0 aliphatic carbocycles. The van der Waals surface area contributed by atoms with Crippen LogP contribution in [0.2, 0.25) is 0 Å². The molecule has 0 aromatic heterocycles. The molecule has 1 N–H and O–H groups in total. The van der Waals surface area contributed by atoms with Gasteiger partial charge in [-0.05, 0) is 38.9 Å². The molecule has 6 heteroatoms. The average Bonchev–Trinajstić information content (AvgIpc) is 2.71. The van der Waals surface area contributed by atoms with Crippen LogP contribution in [-0.2, 0) is 14.4 Å². The van der Waals surface area contributed by atoms with Gasteiger partial charge in [-0.1, -0.05) is 12.8 Å². The van der Waals surface area contributed by atoms with Crippen molar-refractivity contribution in [1.82, 2.24) is 15.1 Å². The molecule has 2 heterocycles. The van der Waals surface area contributed by atoms with E-state index in [1.54, 1.807) is 0 Å². The molecule has 2 aliphatic heterocycles. The molecule has 124 valence electrons. The fourth-order valence-corrected chi connectivity index (χ4v) is 3.06. The number of hydrogen-bond donors (Lipinski definition) is 1. The van der Waals surface area contributed by atoms with Crippen LogP contribution in [0, 0.1) is 0 Å². The van der Waals surface area contributed by atoms with Gasteiger partial charge >= 0.3 is 0 Å². The minimum absolute atomic E-state index is 0.0802. The van der Waals surface area contributed by atoms with Crippen molar-refractivity contribution >= 4 is 17.7 Å². The number of likely N-dealkylation sites (tertiary alicyclic amines) is 2. The minimum Gasteiger partial charge on any atom is -0.356 e. The summed E-state index contributed by atoms with van der Waals surface area (Å²) < 4.78 is 0. The van der Waals surface area contributed by atoms with Crippen LogP contribution in [0.25, 0.3) is 0 Å². The highest BCUT2D eigenvalue weighted by atomic mass is 16.2. The molecule has 6 nitrogen and oxygen atoms in total. The van der Waals surface area contributed by atoms with Crippen molar-refractivity contribution in [2.45, 2.75) is 51.4 Å². The molecule has 2 aliphatic rings. The molecule has 0 aromatic carbocycles. The van der Waals surface area contributed by atoms with Crippen molar-refractivity contribution < 1.29 is 14.4 Å². The highest BCUT2D eigenvalue weighted by Gasteiger charge is 2.28. The largest absolute Gasteiger partial charge is 0.356 e. The first kappa shape index (κ1) is 16.9. The summed E-state index contributed by atoms with van der Waals surface area (Å²) in [7, 11) is 0. The van der Waals surface area contributed by atoms with Gasteiger partial charge in [0.25, 0.3) is 0 Å². The predicted molar refractivity (Wildman–Crippen MR) is 83.1 cm³/mol. The fourth-order valence-electron chi connectivity index (χ4n) is 3.06. The normalized spacial score (nSPS) is 20.3. The number of nitrogens with zero attached hydrogens (tertiary/aromatic N) is 2. The Morgan fingerprint density at radius 2 is 1.59 bits per heavy atom. The lowest BCUT2D eigenvalue weighted by molar-refractivity contribution is -0.138. The smallest absolute Gasteiger partial charge is 0.229 e. The van der Waals surface area contributed by atoms with Crippen LogP contribution in [0.15, 0.2) is 0 Å². The molecule has 3 amide bonds. The third kappa shape index (κ3) is 5.40. The van der Waals surface area contributed by atoms with Gasteiger partial charge in [0.15, 0.2) is 0 Å². The first-order chi connectivity index (χ1) is 10.7. The Morgan fingerprint density at radius 1 is 0.955 bits per heavy atom. The standard InChI is InChI=1S/C16H27N3O3/c20-14(8-13-19-15(21)6-7-16(19)22)17-9-5-12-18-10-3-1-2-4-11-18/h1-13H2,(H,17,20). The van der Waals surface area contributed by atoms with E-state index in [9.17, 15) is 14.4 Å². The summed E-state index contributed by atoms with van der Waals surface area (Å²) in [4.78, 5) is 38.3. The molecule has 2 rings (SSSR count). The van der Waals surface area contributed by atoms with E-state index in [2.05, 4.69) is 10.2 Å². The second kappa shape index (κ2) is 8.88. The lowest BCUT2D eigenvalue weighted by Gasteiger charge is -2.19. The van der Waals surface area contributed by atoms with Gasteiger partial charge in [-0.2, -0.15) is 0 Å². The third-order valence-corrected chi connectivity index (χ3v) is 4.39. The monoisotopic (exact) mass is 309 g/mol. The van der Waals surface area contributed by atoms with E-state index in [4.69, 9.17) is 0 Å². The number of hydrogen-bond acceptors (Lipinski definition) is 4. The quantitative estimate of drug-likeness (QED) is 0.560. The molecule has 0 saturated carbocycles. The Bertz CT molecular complexity index is 387. The number of carbonyl (C=O) groups excluding carboxylic acids is 3. The van der Waals surface area contributed by atoms with Crippen LogP contribution in [0.5, 0.6) is 0 Å². The predicted octanol–water partition coefficient (Wildman–Crippen LogP) is 0.908. The van der Waals surface area contributed by atoms with Crippen molar-refractivity contribution in [3.05, 3.63) is 0 Å². The van der Waals surface area contributed by atoms with Gasteiger partial charge in [0, 0.05) is 32.4 Å². The lowest BCUT2D eigenvalue weighted by atomic mass is 10.2. The SMILES string of the molecule is O=C(CCN1C(=O)CCC1=O)NCCCN1CCCCCC1. The van der Waals surface area contributed by atoms with Crippen molar-refractivity contribution in [1.29, 1.82) is 0 Å². The number of imide groups is 1. The second-order valence-electron chi connectivity index (χ2n) is 6.15. The van der Waals surface area contributed by atoms with Gasteiger partial charge in [0.2, 0.25) is 17.7 Å². The number of nitrogens with one attached hydrogen (secondary N) is 1. The van der Waals surface area contributed by atoms with Crippen LogP contribution in [0.1, 0.15) is 51.4 Å². The Morgan fingerprint density at radius 3 is 2.23 bits per heavy atom. The number of rotatable bonds is 7. The zero-order valence-corrected chi connectivity index (χ0v) is 13.3. The third-order valence-electron chi connectivity index (χ3n) is 4.39. The molecule has 0 atom stereocenters. The maximum absolute atomic E-state index is 11.7. The molecule has 0 spiro atoms. The van der Waals surface area contributed by atoms with Crippen molar-refractivity contribution in [3.8, 4) is 0 Å². The van der Waals surface area contributed by atoms with Crippen LogP contribution in [0.4, 0.5) is 0 Å². The zero-order valence-electron chi connectivity index (χ0n) is 13.3. The second-order valence-corrected chi connectivity index (χ2v) is 6.15. The Labute approximate surface area is 132 Å². The van der Waals surface area contributed by atoms with E-state index >= 15 is 0 Å². The first-order valence-corrected chi connectivity index (χ1v) is 8.49. The van der Waals surface area contributed by atoms with Crippen molar-refractivity contribution in [2.24, 2.45) is 0 Å². The van der Waals surface area contributed by atoms with Gasteiger partial charge in [-0.25, -0.2) is 0 Å². The van der Waals surface area contributed by atoms with Gasteiger partial charge in [-0.3, -0.25) is 19.3 Å². The molecule has 2 saturated heterocycles. The molecule has 0 bridgehead atoms. The first-order valence-electron chi connectivity index (χ1n) is 8.49. The summed E-state index contributed by atoms with van der Waals surface area (Å²) in [6.45, 7) is 4.26. The molecule has 2 fully saturated rings. The van der Waals surface area contributed by atoms with E-state index in [0.29, 0.717) is 6.54 Å². The van der Waals surface area contributed by atoms with Crippen LogP contribution in [-0.4, -0.2) is 60.2 Å². The summed E-state index contributed by atoms with van der Waals surface area (Å²) in [5.74, 6) is -0.388. The number of carbonyl (C=O) groups is 3. The van der Waals surface area contributed by atoms with Crippen molar-refractivity contribution in [2.75, 3.05) is 32.7 Å². The van der Waals surface area contributed by atoms with E-state index in [1.807, 2.05) is 0 Å². The number of amides is 3. The molecule has 0 unspecified atom stereocenters. The fraction of sp³-hybridized carbons (Fsp3) is 0.812. The topological polar surface area (TPSA) is 69.7 Å². The summed E-state index contributed by atoms with van der Waals surface area (Å²) in [5.41, 5.74) is 0. The maximum Gasteiger partial charge on any atom is 0.229 e. The minimum atomic E-state index is -0.154. The zero-order chi connectivity index (χ0) is 15.8. The molecule has 0 aromatic rings. The Kier molecular flexibility index (Phi) is 6.83. The summed E-state index contributed by atoms with van der Waals surface area (Å²) in [6, 6.07) is 0. The van der Waals surface area contributed by atoms with Gasteiger partial charge in [0.1, 0.15) is 0 Å². The van der Waals surface area contributed by atoms with Crippen molar-refractivity contribution in [3.63, 3.8) is 0 Å². The van der Waals surface area contributed by atoms with E-state index in [0.717, 1.165) is 13.0 Å². The summed E-state index contributed by atoms with van der Waals surface area (Å²) in [6.07, 6.45) is 6.97. The summed E-state index contributed by atoms with van der Waals surface area (Å²) >= 11 is 0. The van der Waals surface area contributed by atoms with E-state index < -0.39 is 0 Å². The Hall–Kier alpha value is -1.43. The highest BCUT2D eigenvalue weighted by Crippen LogP contribution is 2.12. The highest BCUT2D eigenvalue weighted by molar-refractivity contribution is 6.02. The lowest BCUT2D eigenvalue weighted by Crippen LogP contribution is -2.35. The van der Waals surface area contributed by atoms with Gasteiger partial charge < -0.3 is 10.2 Å². The van der Waals surface area contributed by atoms with Gasteiger partial charge in [-0.15, -0.1) is 0 Å². The van der Waals surface area contributed by atoms with E-state index in [1.165, 1.54) is 43.7 Å². The van der Waals surface area contributed by atoms with Crippen LogP contribution >= 0.6 is 0 Å². The Balaban J connectivity index is 1.54.